The first-order chi connectivity index (χ1) is 20.4. The maximum absolute atomic E-state index is 14.4. The van der Waals surface area contributed by atoms with Gasteiger partial charge in [0, 0.05) is 31.5 Å². The van der Waals surface area contributed by atoms with Crippen LogP contribution in [0, 0.1) is 11.3 Å². The highest BCUT2D eigenvalue weighted by molar-refractivity contribution is 5.94. The van der Waals surface area contributed by atoms with Crippen molar-refractivity contribution in [1.29, 1.82) is 5.26 Å². The molecule has 4 heterocycles. The Morgan fingerprint density at radius 3 is 2.60 bits per heavy atom. The van der Waals surface area contributed by atoms with Gasteiger partial charge in [-0.15, -0.1) is 0 Å². The van der Waals surface area contributed by atoms with E-state index >= 15 is 0 Å². The largest absolute Gasteiger partial charge is 0.381 e. The molecule has 1 aliphatic rings. The number of hydrogen-bond acceptors (Lipinski definition) is 9. The summed E-state index contributed by atoms with van der Waals surface area (Å²) in [7, 11) is 0. The van der Waals surface area contributed by atoms with Gasteiger partial charge >= 0.3 is 0 Å². The fraction of sp³-hybridized carbons (Fsp3) is 0.226. The summed E-state index contributed by atoms with van der Waals surface area (Å²) in [6.07, 6.45) is 4.68. The highest BCUT2D eigenvalue weighted by Gasteiger charge is 2.23. The molecule has 11 heteroatoms. The molecule has 1 atom stereocenters. The quantitative estimate of drug-likeness (QED) is 0.314. The van der Waals surface area contributed by atoms with E-state index in [0.717, 1.165) is 18.4 Å². The van der Waals surface area contributed by atoms with Crippen molar-refractivity contribution in [3.63, 3.8) is 0 Å². The van der Waals surface area contributed by atoms with E-state index in [0.29, 0.717) is 41.2 Å². The summed E-state index contributed by atoms with van der Waals surface area (Å²) >= 11 is 0. The van der Waals surface area contributed by atoms with Gasteiger partial charge in [0.05, 0.1) is 28.8 Å². The van der Waals surface area contributed by atoms with E-state index in [2.05, 4.69) is 21.4 Å². The van der Waals surface area contributed by atoms with Crippen LogP contribution in [0.3, 0.4) is 0 Å². The molecule has 0 spiro atoms. The minimum absolute atomic E-state index is 0.0161. The van der Waals surface area contributed by atoms with E-state index in [9.17, 15) is 14.9 Å². The summed E-state index contributed by atoms with van der Waals surface area (Å²) in [5.41, 5.74) is 8.20. The molecule has 2 aromatic carbocycles. The third-order valence-electron chi connectivity index (χ3n) is 7.44. The fourth-order valence-electron chi connectivity index (χ4n) is 5.37. The number of pyridine rings is 1. The van der Waals surface area contributed by atoms with Crippen molar-refractivity contribution < 1.29 is 4.74 Å². The van der Waals surface area contributed by atoms with Gasteiger partial charge in [-0.3, -0.25) is 14.2 Å². The van der Waals surface area contributed by atoms with Crippen LogP contribution in [-0.4, -0.2) is 37.3 Å². The normalized spacial score (nSPS) is 14.4. The molecule has 3 aromatic heterocycles. The number of hydrogen-bond donors (Lipinski definition) is 2. The predicted octanol–water partition coefficient (Wildman–Crippen LogP) is 3.98. The number of nitrogens with two attached hydrogens (primary N) is 1. The predicted molar refractivity (Wildman–Crippen MR) is 159 cm³/mol. The van der Waals surface area contributed by atoms with E-state index in [1.807, 2.05) is 55.6 Å². The molecule has 0 saturated carbocycles. The van der Waals surface area contributed by atoms with Gasteiger partial charge in [0.2, 0.25) is 5.95 Å². The van der Waals surface area contributed by atoms with Crippen LogP contribution in [0.1, 0.15) is 43.2 Å². The summed E-state index contributed by atoms with van der Waals surface area (Å²) in [6, 6.07) is 19.6. The van der Waals surface area contributed by atoms with E-state index < -0.39 is 6.04 Å². The second-order valence-electron chi connectivity index (χ2n) is 10.1. The van der Waals surface area contributed by atoms with Crippen LogP contribution >= 0.6 is 0 Å². The molecule has 0 bridgehead atoms. The Kier molecular flexibility index (Phi) is 7.21. The number of benzene rings is 2. The van der Waals surface area contributed by atoms with Crippen LogP contribution in [0.4, 0.5) is 11.8 Å². The molecule has 0 aliphatic carbocycles. The monoisotopic (exact) mass is 560 g/mol. The van der Waals surface area contributed by atoms with Gasteiger partial charge in [-0.05, 0) is 55.2 Å². The first kappa shape index (κ1) is 26.9. The smallest absolute Gasteiger partial charge is 0.266 e. The molecule has 1 aliphatic heterocycles. The molecule has 0 radical (unpaired) electrons. The lowest BCUT2D eigenvalue weighted by Crippen LogP contribution is -2.29. The van der Waals surface area contributed by atoms with Crippen molar-refractivity contribution in [1.82, 2.24) is 24.1 Å². The molecule has 210 valence electrons. The van der Waals surface area contributed by atoms with E-state index in [-0.39, 0.29) is 34.5 Å². The summed E-state index contributed by atoms with van der Waals surface area (Å²) in [5.74, 6) is 0.682. The minimum Gasteiger partial charge on any atom is -0.381 e. The fourth-order valence-corrected chi connectivity index (χ4v) is 5.37. The number of aromatic nitrogens is 5. The van der Waals surface area contributed by atoms with Gasteiger partial charge in [-0.25, -0.2) is 9.97 Å². The number of nitriles is 1. The van der Waals surface area contributed by atoms with Crippen LogP contribution < -0.4 is 22.2 Å². The highest BCUT2D eigenvalue weighted by Crippen LogP contribution is 2.29. The number of nitrogens with zero attached hydrogens (tertiary/aromatic N) is 6. The van der Waals surface area contributed by atoms with Crippen LogP contribution in [0.2, 0.25) is 0 Å². The molecule has 42 heavy (non-hydrogen) atoms. The van der Waals surface area contributed by atoms with Crippen LogP contribution in [0.5, 0.6) is 0 Å². The van der Waals surface area contributed by atoms with Gasteiger partial charge in [0.15, 0.2) is 0 Å². The second-order valence-corrected chi connectivity index (χ2v) is 10.1. The topological polar surface area (TPSA) is 154 Å². The zero-order valence-corrected chi connectivity index (χ0v) is 22.9. The standard InChI is InChI=1S/C31H28N8O3/c1-19(35-28-21(16-32)17-34-31(33)37-28)29-36-25-9-5-8-24(27(25)30(41)39(29)23-6-3-2-4-7-23)20-10-11-26(40)38(18-20)22-12-14-42-15-13-22/h2-11,17-19,22H,12-15H2,1H3,(H3,33,34,35,37)/t19-/m1/s1. The highest BCUT2D eigenvalue weighted by atomic mass is 16.5. The molecule has 0 unspecified atom stereocenters. The number of fused-ring (bicyclic) bond motifs is 1. The zero-order valence-electron chi connectivity index (χ0n) is 22.9. The van der Waals surface area contributed by atoms with Crippen molar-refractivity contribution in [2.24, 2.45) is 0 Å². The van der Waals surface area contributed by atoms with Crippen molar-refractivity contribution in [3.8, 4) is 22.9 Å². The lowest BCUT2D eigenvalue weighted by atomic mass is 10.0. The number of nitrogen functional groups attached to an aromatic ring is 1. The van der Waals surface area contributed by atoms with Crippen molar-refractivity contribution in [2.75, 3.05) is 24.3 Å². The lowest BCUT2D eigenvalue weighted by molar-refractivity contribution is 0.0687. The maximum atomic E-state index is 14.4. The third-order valence-corrected chi connectivity index (χ3v) is 7.44. The maximum Gasteiger partial charge on any atom is 0.266 e. The molecule has 1 saturated heterocycles. The first-order valence-electron chi connectivity index (χ1n) is 13.6. The average molecular weight is 561 g/mol. The summed E-state index contributed by atoms with van der Waals surface area (Å²) < 4.78 is 8.80. The number of nitrogens with one attached hydrogen (secondary N) is 1. The Morgan fingerprint density at radius 1 is 1.05 bits per heavy atom. The summed E-state index contributed by atoms with van der Waals surface area (Å²) in [4.78, 5) is 40.3. The van der Waals surface area contributed by atoms with E-state index in [1.165, 1.54) is 6.20 Å². The number of para-hydroxylation sites is 1. The van der Waals surface area contributed by atoms with Gasteiger partial charge in [0.25, 0.3) is 11.1 Å². The van der Waals surface area contributed by atoms with Gasteiger partial charge in [-0.2, -0.15) is 10.2 Å². The molecular weight excluding hydrogens is 532 g/mol. The summed E-state index contributed by atoms with van der Waals surface area (Å²) in [6.45, 7) is 3.04. The average Bonchev–Trinajstić information content (AvgIpc) is 3.02. The third kappa shape index (κ3) is 5.00. The number of anilines is 2. The minimum atomic E-state index is -0.553. The molecular formula is C31H28N8O3. The van der Waals surface area contributed by atoms with Crippen molar-refractivity contribution >= 4 is 22.7 Å². The molecule has 3 N–H and O–H groups in total. The summed E-state index contributed by atoms with van der Waals surface area (Å²) in [5, 5.41) is 13.2. The molecule has 0 amide bonds. The Hall–Kier alpha value is -5.34. The SMILES string of the molecule is C[C@@H](Nc1nc(N)ncc1C#N)c1nc2cccc(-c3ccc(=O)n(C4CCOCC4)c3)c2c(=O)n1-c1ccccc1. The van der Waals surface area contributed by atoms with E-state index in [4.69, 9.17) is 15.5 Å². The molecule has 11 nitrogen and oxygen atoms in total. The Bertz CT molecular complexity index is 1940. The lowest BCUT2D eigenvalue weighted by Gasteiger charge is -2.25. The van der Waals surface area contributed by atoms with Gasteiger partial charge < -0.3 is 20.4 Å². The van der Waals surface area contributed by atoms with Gasteiger partial charge in [-0.1, -0.05) is 30.3 Å². The Labute approximate surface area is 240 Å². The van der Waals surface area contributed by atoms with Crippen LogP contribution in [-0.2, 0) is 4.74 Å². The van der Waals surface area contributed by atoms with Crippen LogP contribution in [0.15, 0.2) is 82.6 Å². The van der Waals surface area contributed by atoms with Crippen molar-refractivity contribution in [3.05, 3.63) is 105 Å². The molecule has 5 aromatic rings. The van der Waals surface area contributed by atoms with E-state index in [1.54, 1.807) is 27.3 Å². The number of ether oxygens (including phenoxy) is 1. The molecule has 1 fully saturated rings. The second kappa shape index (κ2) is 11.3. The van der Waals surface area contributed by atoms with Crippen molar-refractivity contribution in [2.45, 2.75) is 31.8 Å². The molecule has 6 rings (SSSR count). The Morgan fingerprint density at radius 2 is 1.83 bits per heavy atom. The number of rotatable bonds is 6. The van der Waals surface area contributed by atoms with Crippen LogP contribution in [0.25, 0.3) is 27.7 Å². The first-order valence-corrected chi connectivity index (χ1v) is 13.6. The van der Waals surface area contributed by atoms with Gasteiger partial charge in [0.1, 0.15) is 23.3 Å². The Balaban J connectivity index is 1.53. The zero-order chi connectivity index (χ0) is 29.2.